The highest BCUT2D eigenvalue weighted by atomic mass is 16.5. The van der Waals surface area contributed by atoms with Gasteiger partial charge in [-0.1, -0.05) is 0 Å². The van der Waals surface area contributed by atoms with Crippen molar-refractivity contribution in [3.63, 3.8) is 0 Å². The Kier molecular flexibility index (Phi) is 3.95. The Morgan fingerprint density at radius 1 is 1.56 bits per heavy atom. The van der Waals surface area contributed by atoms with Crippen LogP contribution in [0.3, 0.4) is 0 Å². The van der Waals surface area contributed by atoms with Gasteiger partial charge in [0.2, 0.25) is 0 Å². The Morgan fingerprint density at radius 2 is 2.33 bits per heavy atom. The van der Waals surface area contributed by atoms with E-state index in [1.54, 1.807) is 13.2 Å². The maximum atomic E-state index is 8.70. The lowest BCUT2D eigenvalue weighted by Crippen LogP contribution is -2.28. The van der Waals surface area contributed by atoms with Gasteiger partial charge in [-0.2, -0.15) is 5.26 Å². The van der Waals surface area contributed by atoms with Crippen LogP contribution >= 0.6 is 0 Å². The molecule has 6 nitrogen and oxygen atoms in total. The number of rotatable bonds is 6. The number of nitrogens with two attached hydrogens (primary N) is 1. The van der Waals surface area contributed by atoms with Crippen LogP contribution in [0.5, 0.6) is 0 Å². The lowest BCUT2D eigenvalue weighted by molar-refractivity contribution is 0.178. The summed E-state index contributed by atoms with van der Waals surface area (Å²) in [4.78, 5) is 10.7. The average Bonchev–Trinajstić information content (AvgIpc) is 3.14. The second-order valence-corrected chi connectivity index (χ2v) is 4.33. The third-order valence-electron chi connectivity index (χ3n) is 2.80. The largest absolute Gasteiger partial charge is 0.384 e. The van der Waals surface area contributed by atoms with Crippen LogP contribution in [-0.4, -0.2) is 29.7 Å². The molecule has 18 heavy (non-hydrogen) atoms. The average molecular weight is 247 g/mol. The van der Waals surface area contributed by atoms with Crippen molar-refractivity contribution < 1.29 is 4.74 Å². The Bertz CT molecular complexity index is 452. The number of nitrogen functional groups attached to an aromatic ring is 1. The molecule has 0 aliphatic heterocycles. The van der Waals surface area contributed by atoms with Crippen LogP contribution in [0.2, 0.25) is 0 Å². The van der Waals surface area contributed by atoms with E-state index in [1.807, 2.05) is 0 Å². The first kappa shape index (κ1) is 12.6. The molecule has 2 rings (SSSR count). The van der Waals surface area contributed by atoms with Crippen molar-refractivity contribution in [3.05, 3.63) is 11.9 Å². The van der Waals surface area contributed by atoms with Crippen molar-refractivity contribution in [2.24, 2.45) is 0 Å². The summed E-state index contributed by atoms with van der Waals surface area (Å²) in [6.45, 7) is 1.03. The highest BCUT2D eigenvalue weighted by Crippen LogP contribution is 2.31. The van der Waals surface area contributed by atoms with E-state index in [9.17, 15) is 0 Å². The Labute approximate surface area is 106 Å². The van der Waals surface area contributed by atoms with E-state index >= 15 is 0 Å². The van der Waals surface area contributed by atoms with Crippen molar-refractivity contribution in [1.29, 1.82) is 5.26 Å². The number of anilines is 2. The topological polar surface area (TPSA) is 88.1 Å². The van der Waals surface area contributed by atoms with Gasteiger partial charge < -0.3 is 15.4 Å². The molecule has 6 heteroatoms. The molecule has 1 heterocycles. The fourth-order valence-electron chi connectivity index (χ4n) is 1.88. The van der Waals surface area contributed by atoms with Gasteiger partial charge in [0.25, 0.3) is 0 Å². The van der Waals surface area contributed by atoms with Crippen molar-refractivity contribution in [2.75, 3.05) is 24.3 Å². The summed E-state index contributed by atoms with van der Waals surface area (Å²) in [6, 6.07) is 4.41. The Balaban J connectivity index is 2.20. The SMILES string of the molecule is COCc1nc(N)cc(N(CCC#N)C2CC2)n1. The molecule has 1 aromatic heterocycles. The molecule has 96 valence electrons. The zero-order valence-corrected chi connectivity index (χ0v) is 10.5. The van der Waals surface area contributed by atoms with Crippen molar-refractivity contribution in [3.8, 4) is 6.07 Å². The molecule has 1 aliphatic rings. The number of methoxy groups -OCH3 is 1. The van der Waals surface area contributed by atoms with Gasteiger partial charge in [0.05, 0.1) is 12.5 Å². The first-order valence-electron chi connectivity index (χ1n) is 6.00. The summed E-state index contributed by atoms with van der Waals surface area (Å²) in [6.07, 6.45) is 2.78. The summed E-state index contributed by atoms with van der Waals surface area (Å²) >= 11 is 0. The highest BCUT2D eigenvalue weighted by Gasteiger charge is 2.30. The maximum Gasteiger partial charge on any atom is 0.158 e. The molecule has 0 unspecified atom stereocenters. The molecule has 0 bridgehead atoms. The fourth-order valence-corrected chi connectivity index (χ4v) is 1.88. The van der Waals surface area contributed by atoms with E-state index in [2.05, 4.69) is 20.9 Å². The minimum atomic E-state index is 0.342. The smallest absolute Gasteiger partial charge is 0.158 e. The zero-order valence-electron chi connectivity index (χ0n) is 10.5. The predicted octanol–water partition coefficient (Wildman–Crippen LogP) is 1.09. The van der Waals surface area contributed by atoms with Gasteiger partial charge in [-0.15, -0.1) is 0 Å². The summed E-state index contributed by atoms with van der Waals surface area (Å²) in [5, 5.41) is 8.70. The van der Waals surface area contributed by atoms with Crippen LogP contribution in [0.15, 0.2) is 6.07 Å². The molecule has 1 aliphatic carbocycles. The van der Waals surface area contributed by atoms with E-state index in [0.717, 1.165) is 18.7 Å². The molecule has 0 saturated heterocycles. The monoisotopic (exact) mass is 247 g/mol. The Hall–Kier alpha value is -1.87. The van der Waals surface area contributed by atoms with Crippen molar-refractivity contribution in [1.82, 2.24) is 9.97 Å². The minimum absolute atomic E-state index is 0.342. The van der Waals surface area contributed by atoms with Crippen LogP contribution in [0.4, 0.5) is 11.6 Å². The molecule has 2 N–H and O–H groups in total. The fraction of sp³-hybridized carbons (Fsp3) is 0.583. The van der Waals surface area contributed by atoms with E-state index in [4.69, 9.17) is 15.7 Å². The summed E-state index contributed by atoms with van der Waals surface area (Å²) in [5.41, 5.74) is 5.78. The van der Waals surface area contributed by atoms with Crippen LogP contribution in [-0.2, 0) is 11.3 Å². The van der Waals surface area contributed by atoms with Gasteiger partial charge >= 0.3 is 0 Å². The predicted molar refractivity (Wildman–Crippen MR) is 67.8 cm³/mol. The maximum absolute atomic E-state index is 8.70. The molecule has 0 atom stereocenters. The number of ether oxygens (including phenoxy) is 1. The van der Waals surface area contributed by atoms with Gasteiger partial charge in [-0.3, -0.25) is 0 Å². The first-order valence-corrected chi connectivity index (χ1v) is 6.00. The molecule has 0 aromatic carbocycles. The number of nitrogens with zero attached hydrogens (tertiary/aromatic N) is 4. The third kappa shape index (κ3) is 3.08. The van der Waals surface area contributed by atoms with Crippen LogP contribution < -0.4 is 10.6 Å². The number of hydrogen-bond donors (Lipinski definition) is 1. The zero-order chi connectivity index (χ0) is 13.0. The van der Waals surface area contributed by atoms with Crippen LogP contribution in [0, 0.1) is 11.3 Å². The highest BCUT2D eigenvalue weighted by molar-refractivity contribution is 5.48. The van der Waals surface area contributed by atoms with Crippen LogP contribution in [0.25, 0.3) is 0 Å². The molecule has 1 saturated carbocycles. The van der Waals surface area contributed by atoms with Crippen LogP contribution in [0.1, 0.15) is 25.1 Å². The molecule has 1 aromatic rings. The van der Waals surface area contributed by atoms with Gasteiger partial charge in [0.15, 0.2) is 5.82 Å². The lowest BCUT2D eigenvalue weighted by Gasteiger charge is -2.22. The standard InChI is InChI=1S/C12H17N5O/c1-18-8-11-15-10(14)7-12(16-11)17(6-2-5-13)9-3-4-9/h7,9H,2-4,6,8H2,1H3,(H2,14,15,16). The van der Waals surface area contributed by atoms with E-state index < -0.39 is 0 Å². The number of aromatic nitrogens is 2. The summed E-state index contributed by atoms with van der Waals surface area (Å²) in [7, 11) is 1.60. The van der Waals surface area contributed by atoms with Gasteiger partial charge in [0.1, 0.15) is 18.2 Å². The second-order valence-electron chi connectivity index (χ2n) is 4.33. The molecular formula is C12H17N5O. The number of nitriles is 1. The minimum Gasteiger partial charge on any atom is -0.384 e. The van der Waals surface area contributed by atoms with E-state index in [1.165, 1.54) is 0 Å². The van der Waals surface area contributed by atoms with Gasteiger partial charge in [-0.25, -0.2) is 9.97 Å². The molecule has 0 amide bonds. The van der Waals surface area contributed by atoms with Crippen molar-refractivity contribution in [2.45, 2.75) is 31.9 Å². The normalized spacial score (nSPS) is 14.2. The Morgan fingerprint density at radius 3 is 2.94 bits per heavy atom. The molecular weight excluding hydrogens is 230 g/mol. The molecule has 1 fully saturated rings. The lowest BCUT2D eigenvalue weighted by atomic mass is 10.3. The third-order valence-corrected chi connectivity index (χ3v) is 2.80. The molecule has 0 radical (unpaired) electrons. The molecule has 0 spiro atoms. The van der Waals surface area contributed by atoms with E-state index in [-0.39, 0.29) is 0 Å². The van der Waals surface area contributed by atoms with E-state index in [0.29, 0.717) is 37.3 Å². The quantitative estimate of drug-likeness (QED) is 0.809. The number of hydrogen-bond acceptors (Lipinski definition) is 6. The summed E-state index contributed by atoms with van der Waals surface area (Å²) < 4.78 is 5.02. The second kappa shape index (κ2) is 5.65. The van der Waals surface area contributed by atoms with Gasteiger partial charge in [-0.05, 0) is 12.8 Å². The van der Waals surface area contributed by atoms with Crippen molar-refractivity contribution >= 4 is 11.6 Å². The van der Waals surface area contributed by atoms with Gasteiger partial charge in [0, 0.05) is 25.8 Å². The summed E-state index contributed by atoms with van der Waals surface area (Å²) in [5.74, 6) is 1.82. The first-order chi connectivity index (χ1) is 8.74.